The zero-order valence-electron chi connectivity index (χ0n) is 12.6. The van der Waals surface area contributed by atoms with Crippen molar-refractivity contribution in [3.05, 3.63) is 40.5 Å². The predicted molar refractivity (Wildman–Crippen MR) is 81.5 cm³/mol. The van der Waals surface area contributed by atoms with Gasteiger partial charge in [-0.2, -0.15) is 9.97 Å². The highest BCUT2D eigenvalue weighted by atomic mass is 35.5. The third-order valence-corrected chi connectivity index (χ3v) is 3.05. The van der Waals surface area contributed by atoms with Crippen molar-refractivity contribution in [2.24, 2.45) is 0 Å². The van der Waals surface area contributed by atoms with Crippen molar-refractivity contribution in [1.29, 1.82) is 0 Å². The van der Waals surface area contributed by atoms with Crippen molar-refractivity contribution in [3.8, 4) is 17.6 Å². The lowest BCUT2D eigenvalue weighted by molar-refractivity contribution is 0.0594. The number of ether oxygens (including phenoxy) is 3. The van der Waals surface area contributed by atoms with Gasteiger partial charge in [-0.05, 0) is 13.0 Å². The molecule has 0 aliphatic rings. The molecule has 0 saturated heterocycles. The van der Waals surface area contributed by atoms with Crippen LogP contribution in [0.2, 0.25) is 5.15 Å². The maximum atomic E-state index is 12.0. The van der Waals surface area contributed by atoms with E-state index < -0.39 is 5.97 Å². The van der Waals surface area contributed by atoms with E-state index in [4.69, 9.17) is 25.8 Å². The number of carbonyl (C=O) groups is 2. The van der Waals surface area contributed by atoms with Crippen LogP contribution in [0, 0.1) is 0 Å². The summed E-state index contributed by atoms with van der Waals surface area (Å²) in [6.45, 7) is 1.34. The molecule has 8 heteroatoms. The van der Waals surface area contributed by atoms with Gasteiger partial charge in [-0.3, -0.25) is 4.79 Å². The Balaban J connectivity index is 2.51. The molecule has 0 amide bonds. The number of esters is 1. The molecule has 0 spiro atoms. The van der Waals surface area contributed by atoms with E-state index in [0.717, 1.165) is 0 Å². The van der Waals surface area contributed by atoms with Crippen molar-refractivity contribution in [1.82, 2.24) is 9.97 Å². The zero-order chi connectivity index (χ0) is 17.0. The minimum Gasteiger partial charge on any atom is -0.481 e. The number of nitrogens with zero attached hydrogens (tertiary/aromatic N) is 2. The minimum absolute atomic E-state index is 0.00922. The van der Waals surface area contributed by atoms with E-state index in [1.54, 1.807) is 6.07 Å². The molecule has 0 aliphatic carbocycles. The Morgan fingerprint density at radius 3 is 2.52 bits per heavy atom. The first-order chi connectivity index (χ1) is 11.0. The second kappa shape index (κ2) is 7.06. The van der Waals surface area contributed by atoms with Crippen LogP contribution in [-0.2, 0) is 4.74 Å². The fourth-order valence-electron chi connectivity index (χ4n) is 1.85. The number of carbonyl (C=O) groups excluding carboxylic acids is 2. The van der Waals surface area contributed by atoms with Crippen molar-refractivity contribution < 1.29 is 23.8 Å². The van der Waals surface area contributed by atoms with Crippen molar-refractivity contribution in [2.75, 3.05) is 14.2 Å². The summed E-state index contributed by atoms with van der Waals surface area (Å²) in [6.07, 6.45) is 0. The molecular formula is C15H13ClN2O5. The lowest BCUT2D eigenvalue weighted by atomic mass is 10.0. The maximum absolute atomic E-state index is 12.0. The molecule has 0 unspecified atom stereocenters. The first-order valence-corrected chi connectivity index (χ1v) is 6.82. The maximum Gasteiger partial charge on any atom is 0.342 e. The van der Waals surface area contributed by atoms with Crippen LogP contribution >= 0.6 is 11.6 Å². The fraction of sp³-hybridized carbons (Fsp3) is 0.200. The Kier molecular flexibility index (Phi) is 5.13. The first-order valence-electron chi connectivity index (χ1n) is 6.45. The Morgan fingerprint density at radius 1 is 1.17 bits per heavy atom. The van der Waals surface area contributed by atoms with E-state index in [9.17, 15) is 9.59 Å². The Hall–Kier alpha value is -2.67. The van der Waals surface area contributed by atoms with Crippen molar-refractivity contribution in [3.63, 3.8) is 0 Å². The van der Waals surface area contributed by atoms with Gasteiger partial charge in [-0.1, -0.05) is 23.7 Å². The van der Waals surface area contributed by atoms with E-state index in [2.05, 4.69) is 9.97 Å². The topological polar surface area (TPSA) is 87.6 Å². The summed E-state index contributed by atoms with van der Waals surface area (Å²) in [6, 6.07) is 5.85. The predicted octanol–water partition coefficient (Wildman–Crippen LogP) is 2.92. The Labute approximate surface area is 137 Å². The molecule has 1 aromatic carbocycles. The standard InChI is InChI=1S/C15H13ClN2O5/c1-8(19)9-5-4-6-10(13(9)14(20)22-3)23-15-17-11(16)7-12(18-15)21-2/h4-7H,1-3H3. The minimum atomic E-state index is -0.709. The van der Waals surface area contributed by atoms with Crippen molar-refractivity contribution >= 4 is 23.4 Å². The summed E-state index contributed by atoms with van der Waals surface area (Å²) < 4.78 is 15.2. The molecule has 1 aromatic heterocycles. The third-order valence-electron chi connectivity index (χ3n) is 2.86. The molecule has 0 N–H and O–H groups in total. The van der Waals surface area contributed by atoms with Gasteiger partial charge < -0.3 is 14.2 Å². The largest absolute Gasteiger partial charge is 0.481 e. The normalized spacial score (nSPS) is 10.1. The molecule has 0 atom stereocenters. The number of rotatable bonds is 5. The highest BCUT2D eigenvalue weighted by molar-refractivity contribution is 6.29. The smallest absolute Gasteiger partial charge is 0.342 e. The van der Waals surface area contributed by atoms with Gasteiger partial charge in [0.2, 0.25) is 5.88 Å². The molecule has 2 aromatic rings. The Bertz CT molecular complexity index is 764. The SMILES string of the molecule is COC(=O)c1c(Oc2nc(Cl)cc(OC)n2)cccc1C(C)=O. The van der Waals surface area contributed by atoms with Crippen LogP contribution in [-0.4, -0.2) is 35.9 Å². The number of hydrogen-bond donors (Lipinski definition) is 0. The zero-order valence-corrected chi connectivity index (χ0v) is 13.4. The monoisotopic (exact) mass is 336 g/mol. The summed E-state index contributed by atoms with van der Waals surface area (Å²) in [4.78, 5) is 31.6. The molecule has 2 rings (SSSR count). The van der Waals surface area contributed by atoms with E-state index in [1.165, 1.54) is 39.3 Å². The molecule has 1 heterocycles. The van der Waals surface area contributed by atoms with E-state index in [0.29, 0.717) is 0 Å². The number of halogens is 1. The summed E-state index contributed by atoms with van der Waals surface area (Å²) >= 11 is 5.85. The van der Waals surface area contributed by atoms with Gasteiger partial charge in [-0.25, -0.2) is 4.79 Å². The molecule has 120 valence electrons. The van der Waals surface area contributed by atoms with E-state index in [1.807, 2.05) is 0 Å². The molecule has 0 aliphatic heterocycles. The molecule has 0 radical (unpaired) electrons. The van der Waals surface area contributed by atoms with Crippen LogP contribution in [0.25, 0.3) is 0 Å². The number of methoxy groups -OCH3 is 2. The second-order valence-electron chi connectivity index (χ2n) is 4.34. The molecule has 0 saturated carbocycles. The molecular weight excluding hydrogens is 324 g/mol. The average molecular weight is 337 g/mol. The molecule has 7 nitrogen and oxygen atoms in total. The van der Waals surface area contributed by atoms with E-state index in [-0.39, 0.29) is 39.7 Å². The van der Waals surface area contributed by atoms with Gasteiger partial charge in [0.1, 0.15) is 16.5 Å². The highest BCUT2D eigenvalue weighted by Gasteiger charge is 2.22. The number of ketones is 1. The first kappa shape index (κ1) is 16.7. The third kappa shape index (κ3) is 3.75. The molecule has 23 heavy (non-hydrogen) atoms. The number of benzene rings is 1. The van der Waals surface area contributed by atoms with Gasteiger partial charge in [-0.15, -0.1) is 0 Å². The van der Waals surface area contributed by atoms with Crippen LogP contribution in [0.3, 0.4) is 0 Å². The molecule has 0 bridgehead atoms. The van der Waals surface area contributed by atoms with Gasteiger partial charge in [0, 0.05) is 11.6 Å². The van der Waals surface area contributed by atoms with Crippen LogP contribution in [0.4, 0.5) is 0 Å². The summed E-state index contributed by atoms with van der Waals surface area (Å²) in [5.74, 6) is -0.739. The number of aromatic nitrogens is 2. The quantitative estimate of drug-likeness (QED) is 0.471. The van der Waals surface area contributed by atoms with Crippen LogP contribution in [0.5, 0.6) is 17.6 Å². The fourth-order valence-corrected chi connectivity index (χ4v) is 2.01. The number of hydrogen-bond acceptors (Lipinski definition) is 7. The van der Waals surface area contributed by atoms with Crippen molar-refractivity contribution in [2.45, 2.75) is 6.92 Å². The lowest BCUT2D eigenvalue weighted by Gasteiger charge is -2.12. The summed E-state index contributed by atoms with van der Waals surface area (Å²) in [5.41, 5.74) is 0.161. The lowest BCUT2D eigenvalue weighted by Crippen LogP contribution is -2.11. The van der Waals surface area contributed by atoms with Crippen LogP contribution in [0.1, 0.15) is 27.6 Å². The average Bonchev–Trinajstić information content (AvgIpc) is 2.53. The van der Waals surface area contributed by atoms with Crippen LogP contribution < -0.4 is 9.47 Å². The van der Waals surface area contributed by atoms with Gasteiger partial charge in [0.05, 0.1) is 14.2 Å². The van der Waals surface area contributed by atoms with Crippen LogP contribution in [0.15, 0.2) is 24.3 Å². The van der Waals surface area contributed by atoms with Gasteiger partial charge in [0.15, 0.2) is 5.78 Å². The van der Waals surface area contributed by atoms with Gasteiger partial charge >= 0.3 is 12.0 Å². The summed E-state index contributed by atoms with van der Waals surface area (Å²) in [7, 11) is 2.63. The van der Waals surface area contributed by atoms with E-state index >= 15 is 0 Å². The molecule has 0 fully saturated rings. The summed E-state index contributed by atoms with van der Waals surface area (Å²) in [5, 5.41) is 0.106. The highest BCUT2D eigenvalue weighted by Crippen LogP contribution is 2.29. The second-order valence-corrected chi connectivity index (χ2v) is 4.73. The number of Topliss-reactive ketones (excluding diaryl/α,β-unsaturated/α-hetero) is 1. The van der Waals surface area contributed by atoms with Gasteiger partial charge in [0.25, 0.3) is 0 Å². The Morgan fingerprint density at radius 2 is 1.91 bits per heavy atom.